The molecule has 0 unspecified atom stereocenters. The predicted octanol–water partition coefficient (Wildman–Crippen LogP) is 4.98. The van der Waals surface area contributed by atoms with Crippen LogP contribution in [0.2, 0.25) is 0 Å². The Labute approximate surface area is 194 Å². The van der Waals surface area contributed by atoms with Crippen molar-refractivity contribution in [3.8, 4) is 0 Å². The molecular formula is C24H35FN4O2S. The minimum Gasteiger partial charge on any atom is -0.444 e. The van der Waals surface area contributed by atoms with Gasteiger partial charge in [0.25, 0.3) is 0 Å². The van der Waals surface area contributed by atoms with Crippen LogP contribution >= 0.6 is 11.5 Å². The Balaban J connectivity index is 1.19. The van der Waals surface area contributed by atoms with E-state index >= 15 is 4.39 Å². The Morgan fingerprint density at radius 3 is 2.59 bits per heavy atom. The molecule has 0 spiro atoms. The number of rotatable bonds is 5. The quantitative estimate of drug-likeness (QED) is 0.679. The summed E-state index contributed by atoms with van der Waals surface area (Å²) in [4.78, 5) is 16.7. The minimum absolute atomic E-state index is 0.00482. The normalized spacial score (nSPS) is 25.1. The Morgan fingerprint density at radius 2 is 1.91 bits per heavy atom. The lowest BCUT2D eigenvalue weighted by Crippen LogP contribution is -2.48. The van der Waals surface area contributed by atoms with Crippen LogP contribution in [-0.2, 0) is 4.74 Å². The van der Waals surface area contributed by atoms with E-state index < -0.39 is 17.4 Å². The molecule has 2 aliphatic rings. The first-order valence-corrected chi connectivity index (χ1v) is 12.5. The average molecular weight is 463 g/mol. The van der Waals surface area contributed by atoms with Crippen LogP contribution in [0.15, 0.2) is 24.3 Å². The molecule has 1 aromatic heterocycles. The first-order valence-electron chi connectivity index (χ1n) is 11.7. The molecule has 0 bridgehead atoms. The maximum Gasteiger partial charge on any atom is 0.407 e. The minimum atomic E-state index is -1.13. The summed E-state index contributed by atoms with van der Waals surface area (Å²) in [6, 6.07) is 8.38. The van der Waals surface area contributed by atoms with Gasteiger partial charge in [0.15, 0.2) is 0 Å². The van der Waals surface area contributed by atoms with Crippen LogP contribution in [0.4, 0.5) is 15.0 Å². The van der Waals surface area contributed by atoms with Crippen molar-refractivity contribution >= 4 is 33.5 Å². The van der Waals surface area contributed by atoms with Gasteiger partial charge in [-0.05, 0) is 76.5 Å². The van der Waals surface area contributed by atoms with Crippen LogP contribution in [-0.4, -0.2) is 65.4 Å². The Hall–Kier alpha value is -1.93. The fourth-order valence-electron chi connectivity index (χ4n) is 4.65. The molecule has 0 atom stereocenters. The lowest BCUT2D eigenvalue weighted by Gasteiger charge is -2.38. The summed E-state index contributed by atoms with van der Waals surface area (Å²) in [6.45, 7) is 10.0. The molecule has 4 rings (SSSR count). The van der Waals surface area contributed by atoms with Gasteiger partial charge in [-0.3, -0.25) is 4.90 Å². The zero-order valence-electron chi connectivity index (χ0n) is 19.4. The summed E-state index contributed by atoms with van der Waals surface area (Å²) >= 11 is 1.55. The number of anilines is 1. The highest BCUT2D eigenvalue weighted by molar-refractivity contribution is 7.13. The summed E-state index contributed by atoms with van der Waals surface area (Å²) in [7, 11) is 0. The van der Waals surface area contributed by atoms with Crippen molar-refractivity contribution in [2.24, 2.45) is 0 Å². The molecule has 1 saturated carbocycles. The van der Waals surface area contributed by atoms with E-state index in [1.54, 1.807) is 11.5 Å². The molecule has 2 heterocycles. The van der Waals surface area contributed by atoms with Gasteiger partial charge in [-0.2, -0.15) is 4.37 Å². The van der Waals surface area contributed by atoms with Gasteiger partial charge in [-0.25, -0.2) is 9.18 Å². The summed E-state index contributed by atoms with van der Waals surface area (Å²) in [5.74, 6) is 1.09. The van der Waals surface area contributed by atoms with Gasteiger partial charge >= 0.3 is 6.09 Å². The van der Waals surface area contributed by atoms with Crippen molar-refractivity contribution in [3.63, 3.8) is 0 Å². The smallest absolute Gasteiger partial charge is 0.407 e. The number of aromatic nitrogens is 1. The van der Waals surface area contributed by atoms with Crippen LogP contribution in [0.3, 0.4) is 0 Å². The van der Waals surface area contributed by atoms with E-state index in [9.17, 15) is 4.79 Å². The van der Waals surface area contributed by atoms with Crippen molar-refractivity contribution in [2.75, 3.05) is 37.6 Å². The van der Waals surface area contributed by atoms with Crippen LogP contribution in [0, 0.1) is 0 Å². The second kappa shape index (κ2) is 9.51. The Bertz CT molecular complexity index is 912. The number of carbonyl (C=O) groups is 1. The van der Waals surface area contributed by atoms with Gasteiger partial charge in [0, 0.05) is 44.2 Å². The maximum atomic E-state index is 15.4. The molecule has 1 saturated heterocycles. The Kier molecular flexibility index (Phi) is 6.91. The number of benzene rings is 1. The van der Waals surface area contributed by atoms with Crippen molar-refractivity contribution in [1.29, 1.82) is 0 Å². The monoisotopic (exact) mass is 462 g/mol. The fraction of sp³-hybridized carbons (Fsp3) is 0.667. The third-order valence-electron chi connectivity index (χ3n) is 6.51. The van der Waals surface area contributed by atoms with Gasteiger partial charge in [0.2, 0.25) is 0 Å². The standard InChI is InChI=1S/C24H35FN4O2S/c1-23(2,3)31-22(30)26-18-8-10-24(25,11-9-18)12-13-28-14-16-29(17-15-28)21-19-6-4-5-7-20(19)32-27-21/h4-7,18H,8-17H2,1-3H3,(H,26,30). The summed E-state index contributed by atoms with van der Waals surface area (Å²) < 4.78 is 26.6. The number of alkyl halides is 1. The van der Waals surface area contributed by atoms with E-state index in [1.807, 2.05) is 20.8 Å². The molecule has 1 aliphatic carbocycles. The molecule has 6 nitrogen and oxygen atoms in total. The van der Waals surface area contributed by atoms with Gasteiger partial charge in [0.1, 0.15) is 17.1 Å². The van der Waals surface area contributed by atoms with Crippen molar-refractivity contribution < 1.29 is 13.9 Å². The number of nitrogens with one attached hydrogen (secondary N) is 1. The first-order chi connectivity index (χ1) is 15.2. The molecule has 1 N–H and O–H groups in total. The maximum absolute atomic E-state index is 15.4. The highest BCUT2D eigenvalue weighted by Crippen LogP contribution is 2.35. The first kappa shape index (κ1) is 23.2. The third kappa shape index (κ3) is 5.90. The molecule has 2 aromatic rings. The van der Waals surface area contributed by atoms with E-state index in [-0.39, 0.29) is 6.04 Å². The number of carbonyl (C=O) groups excluding carboxylic acids is 1. The van der Waals surface area contributed by atoms with Crippen LogP contribution in [0.5, 0.6) is 0 Å². The zero-order chi connectivity index (χ0) is 22.8. The van der Waals surface area contributed by atoms with Gasteiger partial charge in [0.05, 0.1) is 4.70 Å². The van der Waals surface area contributed by atoms with E-state index in [1.165, 1.54) is 10.1 Å². The lowest BCUT2D eigenvalue weighted by molar-refractivity contribution is 0.0398. The van der Waals surface area contributed by atoms with E-state index in [0.29, 0.717) is 32.1 Å². The topological polar surface area (TPSA) is 57.7 Å². The van der Waals surface area contributed by atoms with E-state index in [0.717, 1.165) is 38.5 Å². The second-order valence-electron chi connectivity index (χ2n) is 10.2. The number of hydrogen-bond acceptors (Lipinski definition) is 6. The van der Waals surface area contributed by atoms with Crippen LogP contribution in [0.25, 0.3) is 10.1 Å². The lowest BCUT2D eigenvalue weighted by atomic mass is 9.81. The summed E-state index contributed by atoms with van der Waals surface area (Å²) in [5, 5.41) is 4.13. The molecule has 2 fully saturated rings. The molecule has 1 aliphatic heterocycles. The van der Waals surface area contributed by atoms with Gasteiger partial charge < -0.3 is 15.0 Å². The molecule has 1 amide bonds. The van der Waals surface area contributed by atoms with Crippen LogP contribution < -0.4 is 10.2 Å². The van der Waals surface area contributed by atoms with Crippen LogP contribution in [0.1, 0.15) is 52.9 Å². The number of alkyl carbamates (subject to hydrolysis) is 1. The molecular weight excluding hydrogens is 427 g/mol. The molecule has 0 radical (unpaired) electrons. The highest BCUT2D eigenvalue weighted by Gasteiger charge is 2.36. The van der Waals surface area contributed by atoms with E-state index in [2.05, 4.69) is 43.8 Å². The van der Waals surface area contributed by atoms with Crippen molar-refractivity contribution in [3.05, 3.63) is 24.3 Å². The summed E-state index contributed by atoms with van der Waals surface area (Å²) in [6.07, 6.45) is 2.49. The predicted molar refractivity (Wildman–Crippen MR) is 128 cm³/mol. The van der Waals surface area contributed by atoms with Crippen molar-refractivity contribution in [2.45, 2.75) is 70.2 Å². The molecule has 176 valence electrons. The number of hydrogen-bond donors (Lipinski definition) is 1. The molecule has 32 heavy (non-hydrogen) atoms. The molecule has 8 heteroatoms. The largest absolute Gasteiger partial charge is 0.444 e. The number of halogens is 1. The zero-order valence-corrected chi connectivity index (χ0v) is 20.2. The fourth-order valence-corrected chi connectivity index (χ4v) is 5.44. The molecule has 1 aromatic carbocycles. The van der Waals surface area contributed by atoms with Crippen molar-refractivity contribution in [1.82, 2.24) is 14.6 Å². The SMILES string of the molecule is CC(C)(C)OC(=O)NC1CCC(F)(CCN2CCN(c3nsc4ccccc34)CC2)CC1. The second-order valence-corrected chi connectivity index (χ2v) is 11.0. The average Bonchev–Trinajstić information content (AvgIpc) is 3.17. The Morgan fingerprint density at radius 1 is 1.22 bits per heavy atom. The van der Waals surface area contributed by atoms with Gasteiger partial charge in [-0.15, -0.1) is 0 Å². The highest BCUT2D eigenvalue weighted by atomic mass is 32.1. The number of amides is 1. The number of nitrogens with zero attached hydrogens (tertiary/aromatic N) is 3. The summed E-state index contributed by atoms with van der Waals surface area (Å²) in [5.41, 5.74) is -1.65. The van der Waals surface area contributed by atoms with Gasteiger partial charge in [-0.1, -0.05) is 12.1 Å². The number of piperazine rings is 1. The van der Waals surface area contributed by atoms with E-state index in [4.69, 9.17) is 4.74 Å². The number of ether oxygens (including phenoxy) is 1. The number of fused-ring (bicyclic) bond motifs is 1. The third-order valence-corrected chi connectivity index (χ3v) is 7.33.